The average Bonchev–Trinajstić information content (AvgIpc) is 2.37. The van der Waals surface area contributed by atoms with Crippen molar-refractivity contribution in [1.29, 1.82) is 0 Å². The first kappa shape index (κ1) is 15.3. The molecule has 108 valence electrons. The number of benzene rings is 1. The van der Waals surface area contributed by atoms with Crippen LogP contribution >= 0.6 is 15.9 Å². The van der Waals surface area contributed by atoms with Crippen molar-refractivity contribution < 1.29 is 14.6 Å². The Kier molecular flexibility index (Phi) is 4.07. The van der Waals surface area contributed by atoms with Crippen molar-refractivity contribution in [2.45, 2.75) is 45.8 Å². The summed E-state index contributed by atoms with van der Waals surface area (Å²) in [6.45, 7) is 7.30. The monoisotopic (exact) mass is 338 g/mol. The second-order valence-electron chi connectivity index (χ2n) is 5.51. The van der Waals surface area contributed by atoms with Crippen LogP contribution in [0.15, 0.2) is 28.4 Å². The topological polar surface area (TPSA) is 46.5 Å². The first-order chi connectivity index (χ1) is 9.27. The van der Waals surface area contributed by atoms with Gasteiger partial charge < -0.3 is 9.84 Å². The van der Waals surface area contributed by atoms with Crippen LogP contribution in [0.3, 0.4) is 0 Å². The van der Waals surface area contributed by atoms with E-state index in [2.05, 4.69) is 15.9 Å². The Bertz CT molecular complexity index is 587. The Labute approximate surface area is 127 Å². The Hall–Kier alpha value is -1.13. The summed E-state index contributed by atoms with van der Waals surface area (Å²) in [6, 6.07) is 5.80. The number of ketones is 1. The smallest absolute Gasteiger partial charge is 0.195 e. The van der Waals surface area contributed by atoms with Crippen molar-refractivity contribution in [1.82, 2.24) is 0 Å². The molecule has 0 spiro atoms. The number of hydrogen-bond donors (Lipinski definition) is 1. The Balaban J connectivity index is 2.71. The minimum atomic E-state index is -0.851. The fourth-order valence-corrected chi connectivity index (χ4v) is 2.88. The number of Topliss-reactive ketones (excluding diaryl/α,β-unsaturated/α-hetero) is 1. The van der Waals surface area contributed by atoms with Crippen LogP contribution in [0.5, 0.6) is 0 Å². The molecule has 20 heavy (non-hydrogen) atoms. The second kappa shape index (κ2) is 5.34. The lowest BCUT2D eigenvalue weighted by molar-refractivity contribution is -0.137. The van der Waals surface area contributed by atoms with E-state index in [1.54, 1.807) is 20.8 Å². The van der Waals surface area contributed by atoms with Gasteiger partial charge in [-0.05, 0) is 50.5 Å². The van der Waals surface area contributed by atoms with Gasteiger partial charge in [-0.25, -0.2) is 0 Å². The Morgan fingerprint density at radius 2 is 2.05 bits per heavy atom. The minimum absolute atomic E-state index is 0.00778. The van der Waals surface area contributed by atoms with E-state index in [4.69, 9.17) is 4.74 Å². The largest absolute Gasteiger partial charge is 0.508 e. The number of ether oxygens (including phenoxy) is 1. The molecular weight excluding hydrogens is 320 g/mol. The van der Waals surface area contributed by atoms with Gasteiger partial charge in [-0.3, -0.25) is 4.79 Å². The van der Waals surface area contributed by atoms with Gasteiger partial charge in [0.25, 0.3) is 0 Å². The van der Waals surface area contributed by atoms with E-state index in [1.165, 1.54) is 0 Å². The lowest BCUT2D eigenvalue weighted by Gasteiger charge is -2.35. The van der Waals surface area contributed by atoms with Gasteiger partial charge in [0.2, 0.25) is 0 Å². The molecule has 0 amide bonds. The number of hydrogen-bond acceptors (Lipinski definition) is 3. The summed E-state index contributed by atoms with van der Waals surface area (Å²) < 4.78 is 6.47. The first-order valence-corrected chi connectivity index (χ1v) is 7.51. The molecule has 0 saturated carbocycles. The zero-order valence-corrected chi connectivity index (χ0v) is 13.7. The third-order valence-electron chi connectivity index (χ3n) is 3.62. The molecule has 0 fully saturated rings. The van der Waals surface area contributed by atoms with Gasteiger partial charge in [-0.1, -0.05) is 28.9 Å². The molecule has 1 atom stereocenters. The van der Waals surface area contributed by atoms with Crippen LogP contribution in [0.4, 0.5) is 0 Å². The van der Waals surface area contributed by atoms with Crippen LogP contribution in [0, 0.1) is 0 Å². The molecule has 1 heterocycles. The molecule has 1 aliphatic heterocycles. The molecule has 1 N–H and O–H groups in total. The number of carbonyl (C=O) groups excluding carboxylic acids is 1. The fourth-order valence-electron chi connectivity index (χ4n) is 2.52. The average molecular weight is 339 g/mol. The van der Waals surface area contributed by atoms with Crippen molar-refractivity contribution in [2.75, 3.05) is 0 Å². The molecule has 1 aliphatic rings. The van der Waals surface area contributed by atoms with Crippen molar-refractivity contribution in [3.63, 3.8) is 0 Å². The maximum atomic E-state index is 12.4. The van der Waals surface area contributed by atoms with Crippen molar-refractivity contribution in [3.05, 3.63) is 39.6 Å². The highest BCUT2D eigenvalue weighted by Crippen LogP contribution is 2.37. The van der Waals surface area contributed by atoms with Crippen LogP contribution in [-0.4, -0.2) is 22.6 Å². The lowest BCUT2D eigenvalue weighted by Crippen LogP contribution is -2.42. The maximum absolute atomic E-state index is 12.4. The molecule has 3 nitrogen and oxygen atoms in total. The van der Waals surface area contributed by atoms with Gasteiger partial charge in [-0.15, -0.1) is 0 Å². The molecule has 4 heteroatoms. The van der Waals surface area contributed by atoms with Gasteiger partial charge in [0.05, 0.1) is 5.57 Å². The van der Waals surface area contributed by atoms with Crippen LogP contribution in [0.25, 0.3) is 5.57 Å². The van der Waals surface area contributed by atoms with E-state index in [0.717, 1.165) is 22.0 Å². The highest BCUT2D eigenvalue weighted by molar-refractivity contribution is 9.10. The molecule has 1 aromatic carbocycles. The molecule has 1 aromatic rings. The summed E-state index contributed by atoms with van der Waals surface area (Å²) in [6.07, 6.45) is 0.238. The summed E-state index contributed by atoms with van der Waals surface area (Å²) in [5.41, 5.74) is 1.35. The summed E-state index contributed by atoms with van der Waals surface area (Å²) in [5, 5.41) is 10.5. The summed E-state index contributed by atoms with van der Waals surface area (Å²) in [4.78, 5) is 12.4. The molecular formula is C16H19BrO3. The van der Waals surface area contributed by atoms with Crippen LogP contribution in [-0.2, 0) is 16.0 Å². The van der Waals surface area contributed by atoms with E-state index >= 15 is 0 Å². The van der Waals surface area contributed by atoms with E-state index < -0.39 is 11.7 Å². The van der Waals surface area contributed by atoms with Gasteiger partial charge in [0.1, 0.15) is 17.5 Å². The molecule has 0 bridgehead atoms. The van der Waals surface area contributed by atoms with Crippen LogP contribution in [0.2, 0.25) is 0 Å². The van der Waals surface area contributed by atoms with Crippen molar-refractivity contribution in [2.24, 2.45) is 0 Å². The van der Waals surface area contributed by atoms with Gasteiger partial charge in [-0.2, -0.15) is 0 Å². The highest BCUT2D eigenvalue weighted by atomic mass is 79.9. The predicted octanol–water partition coefficient (Wildman–Crippen LogP) is 4.05. The molecule has 0 radical (unpaired) electrons. The van der Waals surface area contributed by atoms with Crippen molar-refractivity contribution in [3.8, 4) is 0 Å². The first-order valence-electron chi connectivity index (χ1n) is 6.72. The number of rotatable bonds is 2. The third kappa shape index (κ3) is 2.54. The SMILES string of the molecule is CCc1ccc(Br)cc1C1=C(O)C(C)(C)OC(C)C1=O. The minimum Gasteiger partial charge on any atom is -0.508 e. The Morgan fingerprint density at radius 1 is 1.40 bits per heavy atom. The van der Waals surface area contributed by atoms with Gasteiger partial charge in [0.15, 0.2) is 5.78 Å². The number of halogens is 1. The van der Waals surface area contributed by atoms with E-state index in [0.29, 0.717) is 5.57 Å². The standard InChI is InChI=1S/C16H19BrO3/c1-5-10-6-7-11(17)8-12(10)13-14(18)9(2)20-16(3,4)15(13)19/h6-9,19H,5H2,1-4H3. The maximum Gasteiger partial charge on any atom is 0.195 e. The molecule has 0 saturated heterocycles. The number of aliphatic hydroxyl groups is 1. The quantitative estimate of drug-likeness (QED) is 0.884. The number of aliphatic hydroxyl groups excluding tert-OH is 1. The van der Waals surface area contributed by atoms with Gasteiger partial charge >= 0.3 is 0 Å². The Morgan fingerprint density at radius 3 is 2.65 bits per heavy atom. The molecule has 0 aromatic heterocycles. The van der Waals surface area contributed by atoms with Crippen molar-refractivity contribution >= 4 is 27.3 Å². The van der Waals surface area contributed by atoms with Crippen LogP contribution < -0.4 is 0 Å². The second-order valence-corrected chi connectivity index (χ2v) is 6.43. The normalized spacial score (nSPS) is 22.2. The van der Waals surface area contributed by atoms with Gasteiger partial charge in [0, 0.05) is 4.47 Å². The van der Waals surface area contributed by atoms with E-state index in [1.807, 2.05) is 25.1 Å². The molecule has 0 aliphatic carbocycles. The zero-order chi connectivity index (χ0) is 15.1. The predicted molar refractivity (Wildman–Crippen MR) is 82.7 cm³/mol. The summed E-state index contributed by atoms with van der Waals surface area (Å²) >= 11 is 3.43. The van der Waals surface area contributed by atoms with Crippen LogP contribution in [0.1, 0.15) is 38.8 Å². The van der Waals surface area contributed by atoms with E-state index in [9.17, 15) is 9.90 Å². The number of carbonyl (C=O) groups is 1. The molecule has 1 unspecified atom stereocenters. The lowest BCUT2D eigenvalue weighted by atomic mass is 9.86. The fraction of sp³-hybridized carbons (Fsp3) is 0.438. The molecule has 2 rings (SSSR count). The summed E-state index contributed by atoms with van der Waals surface area (Å²) in [7, 11) is 0. The third-order valence-corrected chi connectivity index (χ3v) is 4.11. The highest BCUT2D eigenvalue weighted by Gasteiger charge is 2.40. The van der Waals surface area contributed by atoms with E-state index in [-0.39, 0.29) is 11.5 Å². The zero-order valence-electron chi connectivity index (χ0n) is 12.2. The number of aryl methyl sites for hydroxylation is 1. The summed E-state index contributed by atoms with van der Waals surface area (Å²) in [5.74, 6) is -0.164.